The predicted octanol–water partition coefficient (Wildman–Crippen LogP) is 2.24. The smallest absolute Gasteiger partial charge is 0.102 e. The quantitative estimate of drug-likeness (QED) is 0.661. The van der Waals surface area contributed by atoms with Gasteiger partial charge in [0, 0.05) is 6.20 Å². The fourth-order valence-electron chi connectivity index (χ4n) is 1.10. The first-order valence-electron chi connectivity index (χ1n) is 3.91. The lowest BCUT2D eigenvalue weighted by molar-refractivity contribution is 0.719. The molecule has 0 atom stereocenters. The van der Waals surface area contributed by atoms with Crippen molar-refractivity contribution in [1.29, 1.82) is 0 Å². The van der Waals surface area contributed by atoms with Gasteiger partial charge in [-0.05, 0) is 17.5 Å². The van der Waals surface area contributed by atoms with E-state index in [0.29, 0.717) is 6.54 Å². The van der Waals surface area contributed by atoms with Gasteiger partial charge in [-0.25, -0.2) is 0 Å². The Bertz CT molecular complexity index is 420. The van der Waals surface area contributed by atoms with Crippen LogP contribution < -0.4 is 0 Å². The highest BCUT2D eigenvalue weighted by Crippen LogP contribution is 2.21. The Morgan fingerprint density at radius 2 is 2.46 bits per heavy atom. The van der Waals surface area contributed by atoms with Crippen molar-refractivity contribution in [2.75, 3.05) is 0 Å². The molecule has 2 nitrogen and oxygen atoms in total. The summed E-state index contributed by atoms with van der Waals surface area (Å²) in [7, 11) is 0. The van der Waals surface area contributed by atoms with Crippen molar-refractivity contribution in [2.45, 2.75) is 6.54 Å². The molecule has 0 saturated heterocycles. The van der Waals surface area contributed by atoms with Crippen molar-refractivity contribution in [1.82, 2.24) is 9.78 Å². The molecule has 0 aromatic carbocycles. The van der Waals surface area contributed by atoms with Gasteiger partial charge in [-0.15, -0.1) is 17.8 Å². The third-order valence-electron chi connectivity index (χ3n) is 1.67. The molecule has 2 heterocycles. The topological polar surface area (TPSA) is 17.8 Å². The Labute approximate surface area is 80.8 Å². The van der Waals surface area contributed by atoms with Gasteiger partial charge in [0.1, 0.15) is 12.2 Å². The third kappa shape index (κ3) is 1.63. The molecule has 2 aromatic heterocycles. The van der Waals surface area contributed by atoms with E-state index < -0.39 is 0 Å². The average molecular weight is 188 g/mol. The number of nitrogens with zero attached hydrogens (tertiary/aromatic N) is 2. The Kier molecular flexibility index (Phi) is 2.15. The van der Waals surface area contributed by atoms with Crippen molar-refractivity contribution >= 4 is 11.3 Å². The maximum atomic E-state index is 5.18. The highest BCUT2D eigenvalue weighted by molar-refractivity contribution is 7.13. The van der Waals surface area contributed by atoms with Crippen molar-refractivity contribution in [3.63, 3.8) is 0 Å². The molecule has 0 fully saturated rings. The first kappa shape index (κ1) is 8.09. The Hall–Kier alpha value is -1.53. The molecular formula is C10H8N2S. The van der Waals surface area contributed by atoms with E-state index in [1.807, 2.05) is 29.8 Å². The first-order valence-corrected chi connectivity index (χ1v) is 4.79. The van der Waals surface area contributed by atoms with E-state index in [4.69, 9.17) is 6.42 Å². The summed E-state index contributed by atoms with van der Waals surface area (Å²) in [6.45, 7) is 0.533. The molecule has 2 rings (SSSR count). The second-order valence-electron chi connectivity index (χ2n) is 2.58. The normalized spacial score (nSPS) is 9.77. The maximum Gasteiger partial charge on any atom is 0.102 e. The molecule has 0 N–H and O–H groups in total. The summed E-state index contributed by atoms with van der Waals surface area (Å²) in [5, 5.41) is 6.36. The van der Waals surface area contributed by atoms with Crippen LogP contribution in [-0.2, 0) is 6.54 Å². The molecule has 0 bridgehead atoms. The van der Waals surface area contributed by atoms with Gasteiger partial charge < -0.3 is 0 Å². The minimum atomic E-state index is 0.533. The Morgan fingerprint density at radius 1 is 1.54 bits per heavy atom. The van der Waals surface area contributed by atoms with E-state index in [9.17, 15) is 0 Å². The van der Waals surface area contributed by atoms with Crippen LogP contribution in [0.2, 0.25) is 0 Å². The maximum absolute atomic E-state index is 5.18. The van der Waals surface area contributed by atoms with Gasteiger partial charge in [-0.2, -0.15) is 5.10 Å². The molecule has 0 saturated carbocycles. The number of hydrogen-bond acceptors (Lipinski definition) is 2. The molecule has 0 aliphatic rings. The SMILES string of the molecule is C#CCn1ccc(-c2cccs2)n1. The summed E-state index contributed by atoms with van der Waals surface area (Å²) in [5.74, 6) is 2.55. The summed E-state index contributed by atoms with van der Waals surface area (Å²) >= 11 is 1.68. The number of aromatic nitrogens is 2. The standard InChI is InChI=1S/C10H8N2S/c1-2-6-12-7-5-9(11-12)10-4-3-8-13-10/h1,3-5,7-8H,6H2. The van der Waals surface area contributed by atoms with Crippen LogP contribution in [0.15, 0.2) is 29.8 Å². The van der Waals surface area contributed by atoms with Crippen LogP contribution in [-0.4, -0.2) is 9.78 Å². The van der Waals surface area contributed by atoms with Crippen LogP contribution in [0.4, 0.5) is 0 Å². The van der Waals surface area contributed by atoms with E-state index in [0.717, 1.165) is 5.69 Å². The summed E-state index contributed by atoms with van der Waals surface area (Å²) < 4.78 is 1.76. The van der Waals surface area contributed by atoms with Gasteiger partial charge in [-0.3, -0.25) is 4.68 Å². The largest absolute Gasteiger partial charge is 0.260 e. The van der Waals surface area contributed by atoms with Crippen LogP contribution in [0.3, 0.4) is 0 Å². The fourth-order valence-corrected chi connectivity index (χ4v) is 1.79. The van der Waals surface area contributed by atoms with Gasteiger partial charge in [-0.1, -0.05) is 12.0 Å². The molecule has 0 aliphatic heterocycles. The number of terminal acetylenes is 1. The van der Waals surface area contributed by atoms with Crippen molar-refractivity contribution < 1.29 is 0 Å². The van der Waals surface area contributed by atoms with Crippen LogP contribution in [0.1, 0.15) is 0 Å². The summed E-state index contributed by atoms with van der Waals surface area (Å²) in [6.07, 6.45) is 7.08. The lowest BCUT2D eigenvalue weighted by Gasteiger charge is -1.91. The highest BCUT2D eigenvalue weighted by atomic mass is 32.1. The van der Waals surface area contributed by atoms with E-state index in [-0.39, 0.29) is 0 Å². The second kappa shape index (κ2) is 3.46. The molecule has 0 amide bonds. The zero-order chi connectivity index (χ0) is 9.10. The summed E-state index contributed by atoms with van der Waals surface area (Å²) in [6, 6.07) is 6.04. The van der Waals surface area contributed by atoms with Crippen LogP contribution in [0, 0.1) is 12.3 Å². The molecule has 0 aliphatic carbocycles. The molecule has 64 valence electrons. The zero-order valence-corrected chi connectivity index (χ0v) is 7.79. The van der Waals surface area contributed by atoms with Gasteiger partial charge in [0.15, 0.2) is 0 Å². The molecular weight excluding hydrogens is 180 g/mol. The third-order valence-corrected chi connectivity index (χ3v) is 2.56. The van der Waals surface area contributed by atoms with Crippen molar-refractivity contribution in [3.8, 4) is 22.9 Å². The highest BCUT2D eigenvalue weighted by Gasteiger charge is 2.01. The fraction of sp³-hybridized carbons (Fsp3) is 0.100. The number of rotatable bonds is 2. The monoisotopic (exact) mass is 188 g/mol. The van der Waals surface area contributed by atoms with Gasteiger partial charge in [0.2, 0.25) is 0 Å². The van der Waals surface area contributed by atoms with E-state index >= 15 is 0 Å². The average Bonchev–Trinajstić information content (AvgIpc) is 2.70. The van der Waals surface area contributed by atoms with Gasteiger partial charge in [0.25, 0.3) is 0 Å². The lowest BCUT2D eigenvalue weighted by Crippen LogP contribution is -1.95. The predicted molar refractivity (Wildman–Crippen MR) is 54.4 cm³/mol. The van der Waals surface area contributed by atoms with E-state index in [1.165, 1.54) is 4.88 Å². The van der Waals surface area contributed by atoms with Crippen molar-refractivity contribution in [3.05, 3.63) is 29.8 Å². The summed E-state index contributed by atoms with van der Waals surface area (Å²) in [5.41, 5.74) is 0.991. The minimum absolute atomic E-state index is 0.533. The molecule has 13 heavy (non-hydrogen) atoms. The molecule has 2 aromatic rings. The Balaban J connectivity index is 2.29. The molecule has 0 radical (unpaired) electrons. The van der Waals surface area contributed by atoms with Crippen LogP contribution in [0.25, 0.3) is 10.6 Å². The van der Waals surface area contributed by atoms with Crippen LogP contribution in [0.5, 0.6) is 0 Å². The van der Waals surface area contributed by atoms with Crippen molar-refractivity contribution in [2.24, 2.45) is 0 Å². The van der Waals surface area contributed by atoms with Gasteiger partial charge >= 0.3 is 0 Å². The molecule has 0 unspecified atom stereocenters. The van der Waals surface area contributed by atoms with E-state index in [2.05, 4.69) is 11.0 Å². The lowest BCUT2D eigenvalue weighted by atomic mass is 10.3. The minimum Gasteiger partial charge on any atom is -0.260 e. The van der Waals surface area contributed by atoms with Gasteiger partial charge in [0.05, 0.1) is 4.88 Å². The number of thiophene rings is 1. The van der Waals surface area contributed by atoms with Crippen LogP contribution >= 0.6 is 11.3 Å². The summed E-state index contributed by atoms with van der Waals surface area (Å²) in [4.78, 5) is 1.18. The number of hydrogen-bond donors (Lipinski definition) is 0. The molecule has 3 heteroatoms. The van der Waals surface area contributed by atoms with E-state index in [1.54, 1.807) is 16.0 Å². The Morgan fingerprint density at radius 3 is 3.15 bits per heavy atom. The zero-order valence-electron chi connectivity index (χ0n) is 6.97. The first-order chi connectivity index (χ1) is 6.40. The molecule has 0 spiro atoms. The second-order valence-corrected chi connectivity index (χ2v) is 3.53.